The molecule has 0 spiro atoms. The molecular weight excluding hydrogens is 456 g/mol. The summed E-state index contributed by atoms with van der Waals surface area (Å²) in [4.78, 5) is 30.8. The second kappa shape index (κ2) is 10.9. The van der Waals surface area contributed by atoms with Crippen LogP contribution in [0.4, 0.5) is 10.9 Å². The zero-order chi connectivity index (χ0) is 24.0. The first kappa shape index (κ1) is 23.4. The van der Waals surface area contributed by atoms with Gasteiger partial charge in [0, 0.05) is 55.5 Å². The maximum absolute atomic E-state index is 13.2. The summed E-state index contributed by atoms with van der Waals surface area (Å²) in [6, 6.07) is 14.4. The highest BCUT2D eigenvalue weighted by Gasteiger charge is 2.23. The van der Waals surface area contributed by atoms with E-state index < -0.39 is 0 Å². The third-order valence-electron chi connectivity index (χ3n) is 6.62. The SMILES string of the molecule is CCCCC(Cc1c[nH]c2ccccc12)NC(=O)c1cnc(N2CCN(c3ccccn3)CC2)s1. The average Bonchev–Trinajstić information content (AvgIpc) is 3.56. The standard InChI is InChI=1S/C27H32N6OS/c1-2-3-8-21(17-20-18-29-23-10-5-4-9-22(20)23)31-26(34)24-19-30-27(35-24)33-15-13-32(14-16-33)25-11-6-7-12-28-25/h4-7,9-12,18-19,21,29H,2-3,8,13-17H2,1H3,(H,31,34). The number of nitrogens with zero attached hydrogens (tertiary/aromatic N) is 4. The van der Waals surface area contributed by atoms with Crippen LogP contribution in [0.5, 0.6) is 0 Å². The molecule has 1 aliphatic rings. The van der Waals surface area contributed by atoms with Crippen LogP contribution in [0.2, 0.25) is 0 Å². The van der Waals surface area contributed by atoms with Crippen molar-refractivity contribution < 1.29 is 4.79 Å². The lowest BCUT2D eigenvalue weighted by molar-refractivity contribution is 0.0938. The number of H-pyrrole nitrogens is 1. The van der Waals surface area contributed by atoms with Crippen molar-refractivity contribution in [1.82, 2.24) is 20.3 Å². The van der Waals surface area contributed by atoms with Crippen molar-refractivity contribution in [3.63, 3.8) is 0 Å². The van der Waals surface area contributed by atoms with Gasteiger partial charge in [0.15, 0.2) is 5.13 Å². The van der Waals surface area contributed by atoms with Gasteiger partial charge in [-0.15, -0.1) is 0 Å². The molecule has 4 aromatic rings. The first-order chi connectivity index (χ1) is 17.2. The lowest BCUT2D eigenvalue weighted by Gasteiger charge is -2.35. The summed E-state index contributed by atoms with van der Waals surface area (Å²) in [7, 11) is 0. The van der Waals surface area contributed by atoms with Gasteiger partial charge in [0.05, 0.1) is 6.20 Å². The van der Waals surface area contributed by atoms with E-state index in [1.807, 2.05) is 30.5 Å². The number of thiazole rings is 1. The van der Waals surface area contributed by atoms with Crippen LogP contribution in [0.25, 0.3) is 10.9 Å². The first-order valence-corrected chi connectivity index (χ1v) is 13.3. The van der Waals surface area contributed by atoms with E-state index in [0.717, 1.165) is 68.3 Å². The van der Waals surface area contributed by atoms with Gasteiger partial charge in [-0.1, -0.05) is 55.4 Å². The maximum Gasteiger partial charge on any atom is 0.263 e. The molecule has 5 rings (SSSR count). The summed E-state index contributed by atoms with van der Waals surface area (Å²) in [6.45, 7) is 5.70. The number of aromatic amines is 1. The molecule has 1 saturated heterocycles. The lowest BCUT2D eigenvalue weighted by Crippen LogP contribution is -2.46. The lowest BCUT2D eigenvalue weighted by atomic mass is 10.0. The second-order valence-corrected chi connectivity index (χ2v) is 10.1. The molecule has 1 aromatic carbocycles. The van der Waals surface area contributed by atoms with E-state index in [2.05, 4.69) is 61.4 Å². The van der Waals surface area contributed by atoms with Crippen molar-refractivity contribution in [3.8, 4) is 0 Å². The zero-order valence-electron chi connectivity index (χ0n) is 20.1. The van der Waals surface area contributed by atoms with Crippen LogP contribution in [0.1, 0.15) is 41.4 Å². The van der Waals surface area contributed by atoms with Gasteiger partial charge in [-0.3, -0.25) is 4.79 Å². The highest BCUT2D eigenvalue weighted by atomic mass is 32.1. The Balaban J connectivity index is 1.21. The van der Waals surface area contributed by atoms with Crippen LogP contribution in [0, 0.1) is 0 Å². The summed E-state index contributed by atoms with van der Waals surface area (Å²) >= 11 is 1.48. The Kier molecular flexibility index (Phi) is 7.28. The monoisotopic (exact) mass is 488 g/mol. The number of hydrogen-bond acceptors (Lipinski definition) is 6. The van der Waals surface area contributed by atoms with Gasteiger partial charge in [-0.25, -0.2) is 9.97 Å². The Labute approximate surface area is 210 Å². The number of amides is 1. The first-order valence-electron chi connectivity index (χ1n) is 12.4. The van der Waals surface area contributed by atoms with E-state index >= 15 is 0 Å². The summed E-state index contributed by atoms with van der Waals surface area (Å²) in [5, 5.41) is 5.44. The van der Waals surface area contributed by atoms with Crippen LogP contribution in [0.3, 0.4) is 0 Å². The Morgan fingerprint density at radius 2 is 1.89 bits per heavy atom. The number of para-hydroxylation sites is 1. The van der Waals surface area contributed by atoms with Crippen LogP contribution >= 0.6 is 11.3 Å². The van der Waals surface area contributed by atoms with Crippen molar-refractivity contribution in [2.24, 2.45) is 0 Å². The van der Waals surface area contributed by atoms with Gasteiger partial charge in [0.2, 0.25) is 0 Å². The number of benzene rings is 1. The minimum Gasteiger partial charge on any atom is -0.361 e. The van der Waals surface area contributed by atoms with E-state index in [0.29, 0.717) is 4.88 Å². The fourth-order valence-electron chi connectivity index (χ4n) is 4.68. The fraction of sp³-hybridized carbons (Fsp3) is 0.370. The zero-order valence-corrected chi connectivity index (χ0v) is 20.9. The van der Waals surface area contributed by atoms with Crippen LogP contribution in [0.15, 0.2) is 61.1 Å². The Morgan fingerprint density at radius 3 is 2.69 bits per heavy atom. The van der Waals surface area contributed by atoms with Crippen molar-refractivity contribution in [1.29, 1.82) is 0 Å². The molecule has 1 fully saturated rings. The molecule has 1 atom stereocenters. The third kappa shape index (κ3) is 5.48. The van der Waals surface area contributed by atoms with Crippen LogP contribution in [-0.2, 0) is 6.42 Å². The number of carbonyl (C=O) groups excluding carboxylic acids is 1. The van der Waals surface area contributed by atoms with E-state index in [9.17, 15) is 4.79 Å². The molecule has 182 valence electrons. The summed E-state index contributed by atoms with van der Waals surface area (Å²) in [5.74, 6) is 0.987. The summed E-state index contributed by atoms with van der Waals surface area (Å²) in [5.41, 5.74) is 2.39. The number of rotatable bonds is 9. The minimum absolute atomic E-state index is 0.0261. The van der Waals surface area contributed by atoms with Gasteiger partial charge in [-0.2, -0.15) is 0 Å². The van der Waals surface area contributed by atoms with Gasteiger partial charge in [0.25, 0.3) is 5.91 Å². The number of piperazine rings is 1. The summed E-state index contributed by atoms with van der Waals surface area (Å²) < 4.78 is 0. The molecule has 0 radical (unpaired) electrons. The molecule has 3 aromatic heterocycles. The molecule has 2 N–H and O–H groups in total. The number of carbonyl (C=O) groups is 1. The predicted octanol–water partition coefficient (Wildman–Crippen LogP) is 4.88. The molecule has 4 heterocycles. The Hall–Kier alpha value is -3.39. The topological polar surface area (TPSA) is 77.2 Å². The van der Waals surface area contributed by atoms with E-state index in [1.54, 1.807) is 6.20 Å². The van der Waals surface area contributed by atoms with Crippen molar-refractivity contribution in [3.05, 3.63) is 71.5 Å². The molecule has 1 aliphatic heterocycles. The molecule has 1 unspecified atom stereocenters. The normalized spacial score (nSPS) is 14.9. The van der Waals surface area contributed by atoms with Crippen LogP contribution in [-0.4, -0.2) is 53.1 Å². The largest absolute Gasteiger partial charge is 0.361 e. The van der Waals surface area contributed by atoms with Crippen molar-refractivity contribution in [2.75, 3.05) is 36.0 Å². The van der Waals surface area contributed by atoms with Gasteiger partial charge >= 0.3 is 0 Å². The fourth-order valence-corrected chi connectivity index (χ4v) is 5.55. The van der Waals surface area contributed by atoms with E-state index in [1.165, 1.54) is 22.3 Å². The Bertz CT molecular complexity index is 1240. The number of hydrogen-bond donors (Lipinski definition) is 2. The number of nitrogens with one attached hydrogen (secondary N) is 2. The van der Waals surface area contributed by atoms with E-state index in [-0.39, 0.29) is 11.9 Å². The van der Waals surface area contributed by atoms with Gasteiger partial charge in [0.1, 0.15) is 10.7 Å². The van der Waals surface area contributed by atoms with Crippen molar-refractivity contribution in [2.45, 2.75) is 38.6 Å². The van der Waals surface area contributed by atoms with Gasteiger partial charge < -0.3 is 20.1 Å². The van der Waals surface area contributed by atoms with Crippen molar-refractivity contribution >= 4 is 39.1 Å². The number of pyridine rings is 1. The Morgan fingerprint density at radius 1 is 1.09 bits per heavy atom. The highest BCUT2D eigenvalue weighted by Crippen LogP contribution is 2.26. The molecule has 1 amide bonds. The third-order valence-corrected chi connectivity index (χ3v) is 7.68. The molecule has 0 aliphatic carbocycles. The highest BCUT2D eigenvalue weighted by molar-refractivity contribution is 7.17. The predicted molar refractivity (Wildman–Crippen MR) is 144 cm³/mol. The van der Waals surface area contributed by atoms with E-state index in [4.69, 9.17) is 0 Å². The summed E-state index contributed by atoms with van der Waals surface area (Å²) in [6.07, 6.45) is 9.60. The maximum atomic E-state index is 13.2. The molecule has 8 heteroatoms. The molecule has 7 nitrogen and oxygen atoms in total. The van der Waals surface area contributed by atoms with Crippen LogP contribution < -0.4 is 15.1 Å². The average molecular weight is 489 g/mol. The quantitative estimate of drug-likeness (QED) is 0.351. The second-order valence-electron chi connectivity index (χ2n) is 9.05. The molecule has 0 bridgehead atoms. The molecule has 0 saturated carbocycles. The number of fused-ring (bicyclic) bond motifs is 1. The molecular formula is C27H32N6OS. The molecule has 35 heavy (non-hydrogen) atoms. The van der Waals surface area contributed by atoms with Gasteiger partial charge in [-0.05, 0) is 36.6 Å². The number of anilines is 2. The minimum atomic E-state index is -0.0261. The number of aromatic nitrogens is 3. The number of unbranched alkanes of at least 4 members (excludes halogenated alkanes) is 1. The smallest absolute Gasteiger partial charge is 0.263 e.